The van der Waals surface area contributed by atoms with E-state index in [1.165, 1.54) is 41.4 Å². The van der Waals surface area contributed by atoms with Gasteiger partial charge in [0.1, 0.15) is 11.6 Å². The smallest absolute Gasteiger partial charge is 0.338 e. The number of anilines is 3. The molecule has 1 aromatic heterocycles. The molecule has 1 N–H and O–H groups in total. The topological polar surface area (TPSA) is 112 Å². The number of hydrogen-bond donors (Lipinski definition) is 1. The number of thiazole rings is 1. The van der Waals surface area contributed by atoms with E-state index < -0.39 is 11.9 Å². The van der Waals surface area contributed by atoms with Crippen LogP contribution < -0.4 is 10.2 Å². The highest BCUT2D eigenvalue weighted by molar-refractivity contribution is 7.14. The molecule has 0 atom stereocenters. The van der Waals surface area contributed by atoms with Crippen LogP contribution in [0.25, 0.3) is 6.08 Å². The highest BCUT2D eigenvalue weighted by Crippen LogP contribution is 2.30. The van der Waals surface area contributed by atoms with E-state index >= 15 is 0 Å². The van der Waals surface area contributed by atoms with Gasteiger partial charge in [0, 0.05) is 18.0 Å². The van der Waals surface area contributed by atoms with Crippen molar-refractivity contribution >= 4 is 51.7 Å². The fourth-order valence-corrected chi connectivity index (χ4v) is 3.98. The SMILES string of the molecule is CCOC(=O)c1ccc(NC(=O)/C(C#N)=C/c2csc(N(C(C)=O)c3ccc(C)c(C)c3)n2)cc1. The van der Waals surface area contributed by atoms with Crippen molar-refractivity contribution in [3.63, 3.8) is 0 Å². The molecule has 2 aromatic carbocycles. The van der Waals surface area contributed by atoms with Gasteiger partial charge in [-0.1, -0.05) is 6.07 Å². The molecule has 0 aliphatic carbocycles. The largest absolute Gasteiger partial charge is 0.462 e. The van der Waals surface area contributed by atoms with Crippen molar-refractivity contribution in [1.82, 2.24) is 4.98 Å². The van der Waals surface area contributed by atoms with Crippen LogP contribution in [0.1, 0.15) is 41.0 Å². The summed E-state index contributed by atoms with van der Waals surface area (Å²) in [5.74, 6) is -1.28. The second-order valence-corrected chi connectivity index (χ2v) is 8.44. The molecule has 0 aliphatic heterocycles. The van der Waals surface area contributed by atoms with Gasteiger partial charge in [0.2, 0.25) is 5.91 Å². The van der Waals surface area contributed by atoms with Gasteiger partial charge >= 0.3 is 5.97 Å². The second-order valence-electron chi connectivity index (χ2n) is 7.60. The monoisotopic (exact) mass is 488 g/mol. The van der Waals surface area contributed by atoms with Crippen LogP contribution in [0.2, 0.25) is 0 Å². The number of ether oxygens (including phenoxy) is 1. The lowest BCUT2D eigenvalue weighted by atomic mass is 10.1. The van der Waals surface area contributed by atoms with Crippen LogP contribution in [0.15, 0.2) is 53.4 Å². The van der Waals surface area contributed by atoms with Crippen LogP contribution in [0.3, 0.4) is 0 Å². The van der Waals surface area contributed by atoms with E-state index in [1.807, 2.05) is 38.1 Å². The molecule has 9 heteroatoms. The van der Waals surface area contributed by atoms with E-state index in [0.717, 1.165) is 11.1 Å². The lowest BCUT2D eigenvalue weighted by molar-refractivity contribution is -0.116. The zero-order valence-electron chi connectivity index (χ0n) is 19.8. The van der Waals surface area contributed by atoms with Crippen LogP contribution in [0, 0.1) is 25.2 Å². The summed E-state index contributed by atoms with van der Waals surface area (Å²) in [6.45, 7) is 7.39. The number of amides is 2. The Labute approximate surface area is 207 Å². The third-order valence-electron chi connectivity index (χ3n) is 5.08. The van der Waals surface area contributed by atoms with Gasteiger partial charge in [-0.3, -0.25) is 14.5 Å². The molecular formula is C26H24N4O4S. The minimum atomic E-state index is -0.622. The molecule has 0 spiro atoms. The predicted molar refractivity (Wildman–Crippen MR) is 135 cm³/mol. The molecule has 35 heavy (non-hydrogen) atoms. The number of aryl methyl sites for hydroxylation is 2. The van der Waals surface area contributed by atoms with Crippen LogP contribution >= 0.6 is 11.3 Å². The summed E-state index contributed by atoms with van der Waals surface area (Å²) >= 11 is 1.23. The van der Waals surface area contributed by atoms with Crippen LogP contribution in [-0.4, -0.2) is 29.4 Å². The van der Waals surface area contributed by atoms with Crippen molar-refractivity contribution in [2.75, 3.05) is 16.8 Å². The Bertz CT molecular complexity index is 1340. The van der Waals surface area contributed by atoms with Crippen molar-refractivity contribution in [3.05, 3.63) is 75.8 Å². The summed E-state index contributed by atoms with van der Waals surface area (Å²) in [7, 11) is 0. The number of nitrogens with one attached hydrogen (secondary N) is 1. The molecule has 0 fully saturated rings. The Morgan fingerprint density at radius 2 is 1.86 bits per heavy atom. The molecule has 3 aromatic rings. The van der Waals surface area contributed by atoms with Gasteiger partial charge < -0.3 is 10.1 Å². The van der Waals surface area contributed by atoms with Crippen molar-refractivity contribution in [2.24, 2.45) is 0 Å². The normalized spacial score (nSPS) is 10.9. The molecule has 2 amide bonds. The number of carbonyl (C=O) groups excluding carboxylic acids is 3. The maximum atomic E-state index is 12.6. The zero-order valence-corrected chi connectivity index (χ0v) is 20.6. The molecule has 0 unspecified atom stereocenters. The molecule has 8 nitrogen and oxygen atoms in total. The first-order chi connectivity index (χ1) is 16.7. The Morgan fingerprint density at radius 3 is 2.46 bits per heavy atom. The van der Waals surface area contributed by atoms with Crippen molar-refractivity contribution in [2.45, 2.75) is 27.7 Å². The van der Waals surface area contributed by atoms with Gasteiger partial charge in [0.05, 0.1) is 23.6 Å². The van der Waals surface area contributed by atoms with Crippen molar-refractivity contribution in [3.8, 4) is 6.07 Å². The summed E-state index contributed by atoms with van der Waals surface area (Å²) in [5, 5.41) is 14.2. The average Bonchev–Trinajstić information content (AvgIpc) is 3.28. The Balaban J connectivity index is 1.79. The van der Waals surface area contributed by atoms with Crippen LogP contribution in [0.5, 0.6) is 0 Å². The highest BCUT2D eigenvalue weighted by Gasteiger charge is 2.19. The molecule has 0 saturated heterocycles. The first-order valence-corrected chi connectivity index (χ1v) is 11.6. The minimum Gasteiger partial charge on any atom is -0.462 e. The fourth-order valence-electron chi connectivity index (χ4n) is 3.14. The number of benzene rings is 2. The minimum absolute atomic E-state index is 0.156. The third kappa shape index (κ3) is 6.19. The van der Waals surface area contributed by atoms with E-state index in [1.54, 1.807) is 24.4 Å². The predicted octanol–water partition coefficient (Wildman–Crippen LogP) is 5.17. The number of nitrogens with zero attached hydrogens (tertiary/aromatic N) is 3. The molecule has 1 heterocycles. The quantitative estimate of drug-likeness (QED) is 0.279. The van der Waals surface area contributed by atoms with E-state index in [9.17, 15) is 19.6 Å². The molecule has 0 bridgehead atoms. The van der Waals surface area contributed by atoms with Gasteiger partial charge in [-0.15, -0.1) is 11.3 Å². The van der Waals surface area contributed by atoms with E-state index in [-0.39, 0.29) is 18.1 Å². The molecule has 178 valence electrons. The number of carbonyl (C=O) groups is 3. The van der Waals surface area contributed by atoms with Crippen molar-refractivity contribution in [1.29, 1.82) is 5.26 Å². The Hall–Kier alpha value is -4.29. The highest BCUT2D eigenvalue weighted by atomic mass is 32.1. The first kappa shape index (κ1) is 25.3. The van der Waals surface area contributed by atoms with Crippen LogP contribution in [0.4, 0.5) is 16.5 Å². The van der Waals surface area contributed by atoms with Gasteiger partial charge in [-0.2, -0.15) is 5.26 Å². The third-order valence-corrected chi connectivity index (χ3v) is 5.92. The summed E-state index contributed by atoms with van der Waals surface area (Å²) in [6, 6.07) is 13.7. The lowest BCUT2D eigenvalue weighted by Crippen LogP contribution is -2.22. The standard InChI is InChI=1S/C26H24N4O4S/c1-5-34-25(33)19-7-9-21(10-8-19)28-24(32)20(14-27)13-22-15-35-26(29-22)30(18(4)31)23-11-6-16(2)17(3)12-23/h6-13,15H,5H2,1-4H3,(H,28,32)/b20-13+. The molecule has 0 aliphatic rings. The summed E-state index contributed by atoms with van der Waals surface area (Å²) in [5.41, 5.74) is 3.84. The van der Waals surface area contributed by atoms with E-state index in [2.05, 4.69) is 10.3 Å². The first-order valence-electron chi connectivity index (χ1n) is 10.8. The second kappa shape index (κ2) is 11.2. The number of hydrogen-bond acceptors (Lipinski definition) is 7. The number of nitriles is 1. The summed E-state index contributed by atoms with van der Waals surface area (Å²) in [4.78, 5) is 42.7. The van der Waals surface area contributed by atoms with E-state index in [0.29, 0.717) is 27.8 Å². The van der Waals surface area contributed by atoms with Crippen LogP contribution in [-0.2, 0) is 14.3 Å². The van der Waals surface area contributed by atoms with E-state index in [4.69, 9.17) is 4.74 Å². The maximum absolute atomic E-state index is 12.6. The Morgan fingerprint density at radius 1 is 1.14 bits per heavy atom. The fraction of sp³-hybridized carbons (Fsp3) is 0.192. The zero-order chi connectivity index (χ0) is 25.5. The Kier molecular flexibility index (Phi) is 8.12. The van der Waals surface area contributed by atoms with Gasteiger partial charge in [0.25, 0.3) is 5.91 Å². The number of aromatic nitrogens is 1. The molecule has 0 saturated carbocycles. The summed E-state index contributed by atoms with van der Waals surface area (Å²) in [6.07, 6.45) is 1.36. The average molecular weight is 489 g/mol. The van der Waals surface area contributed by atoms with Gasteiger partial charge in [0.15, 0.2) is 5.13 Å². The molecule has 3 rings (SSSR count). The molecular weight excluding hydrogens is 464 g/mol. The van der Waals surface area contributed by atoms with Crippen molar-refractivity contribution < 1.29 is 19.1 Å². The van der Waals surface area contributed by atoms with Gasteiger partial charge in [-0.05, 0) is 74.4 Å². The molecule has 0 radical (unpaired) electrons. The van der Waals surface area contributed by atoms with Gasteiger partial charge in [-0.25, -0.2) is 9.78 Å². The maximum Gasteiger partial charge on any atom is 0.338 e. The lowest BCUT2D eigenvalue weighted by Gasteiger charge is -2.19. The summed E-state index contributed by atoms with van der Waals surface area (Å²) < 4.78 is 4.93. The number of rotatable bonds is 7. The number of esters is 1.